The van der Waals surface area contributed by atoms with Gasteiger partial charge in [0.15, 0.2) is 12.5 Å². The Bertz CT molecular complexity index is 951. The molecule has 0 aliphatic carbocycles. The van der Waals surface area contributed by atoms with Gasteiger partial charge in [0.1, 0.15) is 24.1 Å². The summed E-state index contributed by atoms with van der Waals surface area (Å²) in [4.78, 5) is 26.0. The number of nitrogens with zero attached hydrogens (tertiary/aromatic N) is 3. The van der Waals surface area contributed by atoms with E-state index >= 15 is 0 Å². The number of aliphatic hydroxyl groups excluding tert-OH is 2. The number of aromatic nitrogens is 2. The highest BCUT2D eigenvalue weighted by atomic mass is 16.7. The molecule has 0 spiro atoms. The number of hydrogen-bond acceptors (Lipinski definition) is 10. The van der Waals surface area contributed by atoms with Crippen molar-refractivity contribution in [3.8, 4) is 0 Å². The first-order chi connectivity index (χ1) is 14.8. The maximum Gasteiger partial charge on any atom is 0.351 e. The van der Waals surface area contributed by atoms with Crippen molar-refractivity contribution in [2.24, 2.45) is 0 Å². The van der Waals surface area contributed by atoms with Gasteiger partial charge in [0.05, 0.1) is 18.1 Å². The van der Waals surface area contributed by atoms with E-state index in [1.165, 1.54) is 24.4 Å². The number of hydrogen-bond donors (Lipinski definition) is 3. The fourth-order valence-electron chi connectivity index (χ4n) is 3.25. The van der Waals surface area contributed by atoms with Crippen molar-refractivity contribution in [2.75, 3.05) is 18.9 Å². The largest absolute Gasteiger partial charge is 0.394 e. The predicted octanol–water partition coefficient (Wildman–Crippen LogP) is -0.0252. The SMILES string of the molecule is CC(OCCc1ccc([N+](=O)[O-])cc1)OC1C(O)[C@@H](CO)O[C@H]1n1ccc(N)nc1=O. The van der Waals surface area contributed by atoms with Gasteiger partial charge < -0.3 is 30.2 Å². The van der Waals surface area contributed by atoms with Gasteiger partial charge in [-0.1, -0.05) is 12.1 Å². The zero-order valence-electron chi connectivity index (χ0n) is 16.7. The summed E-state index contributed by atoms with van der Waals surface area (Å²) in [5.74, 6) is 0.0407. The number of nitro groups is 1. The van der Waals surface area contributed by atoms with Crippen LogP contribution in [0.2, 0.25) is 0 Å². The molecule has 0 radical (unpaired) electrons. The molecule has 0 saturated carbocycles. The molecule has 31 heavy (non-hydrogen) atoms. The highest BCUT2D eigenvalue weighted by Crippen LogP contribution is 2.31. The molecule has 1 fully saturated rings. The Morgan fingerprint density at radius 3 is 2.68 bits per heavy atom. The number of non-ortho nitro benzene ring substituents is 1. The van der Waals surface area contributed by atoms with Crippen molar-refractivity contribution in [1.29, 1.82) is 0 Å². The summed E-state index contributed by atoms with van der Waals surface area (Å²) >= 11 is 0. The molecule has 1 aromatic heterocycles. The van der Waals surface area contributed by atoms with E-state index in [0.29, 0.717) is 6.42 Å². The third kappa shape index (κ3) is 5.42. The van der Waals surface area contributed by atoms with Gasteiger partial charge in [-0.2, -0.15) is 4.98 Å². The standard InChI is InChI=1S/C19H24N4O8/c1-11(29-9-7-12-2-4-13(5-3-12)23(27)28)30-17-16(25)14(10-24)31-18(17)22-8-6-15(20)21-19(22)26/h2-6,8,11,14,16-18,24-25H,7,9-10H2,1H3,(H2,20,21,26)/t11?,14-,16?,17?,18-/m1/s1. The average Bonchev–Trinajstić information content (AvgIpc) is 3.03. The Morgan fingerprint density at radius 1 is 1.35 bits per heavy atom. The average molecular weight is 436 g/mol. The Balaban J connectivity index is 1.61. The maximum atomic E-state index is 12.2. The zero-order chi connectivity index (χ0) is 22.5. The second-order valence-corrected chi connectivity index (χ2v) is 6.99. The number of rotatable bonds is 9. The molecule has 1 aromatic carbocycles. The minimum atomic E-state index is -1.21. The molecule has 12 heteroatoms. The molecule has 5 atom stereocenters. The van der Waals surface area contributed by atoms with E-state index in [0.717, 1.165) is 10.1 Å². The van der Waals surface area contributed by atoms with Crippen LogP contribution in [0.4, 0.5) is 11.5 Å². The topological polar surface area (TPSA) is 172 Å². The molecule has 12 nitrogen and oxygen atoms in total. The quantitative estimate of drug-likeness (QED) is 0.275. The summed E-state index contributed by atoms with van der Waals surface area (Å²) in [5, 5.41) is 30.6. The van der Waals surface area contributed by atoms with Gasteiger partial charge in [-0.25, -0.2) is 4.79 Å². The van der Waals surface area contributed by atoms with Gasteiger partial charge in [0.25, 0.3) is 5.69 Å². The van der Waals surface area contributed by atoms with Crippen molar-refractivity contribution in [2.45, 2.75) is 44.2 Å². The molecule has 3 unspecified atom stereocenters. The summed E-state index contributed by atoms with van der Waals surface area (Å²) in [5.41, 5.74) is 5.68. The lowest BCUT2D eigenvalue weighted by molar-refractivity contribution is -0.384. The molecule has 2 aromatic rings. The smallest absolute Gasteiger partial charge is 0.351 e. The molecule has 1 aliphatic rings. The predicted molar refractivity (Wildman–Crippen MR) is 107 cm³/mol. The second-order valence-electron chi connectivity index (χ2n) is 6.99. The van der Waals surface area contributed by atoms with E-state index in [1.54, 1.807) is 19.1 Å². The van der Waals surface area contributed by atoms with Crippen LogP contribution >= 0.6 is 0 Å². The minimum Gasteiger partial charge on any atom is -0.394 e. The Labute approximate surface area is 176 Å². The van der Waals surface area contributed by atoms with E-state index < -0.39 is 48.0 Å². The third-order valence-corrected chi connectivity index (χ3v) is 4.86. The number of nitro benzene ring substituents is 1. The molecule has 168 valence electrons. The molecule has 1 saturated heterocycles. The lowest BCUT2D eigenvalue weighted by atomic mass is 10.1. The highest BCUT2D eigenvalue weighted by molar-refractivity contribution is 5.32. The van der Waals surface area contributed by atoms with Crippen LogP contribution in [0.15, 0.2) is 41.3 Å². The Morgan fingerprint density at radius 2 is 2.06 bits per heavy atom. The molecule has 4 N–H and O–H groups in total. The highest BCUT2D eigenvalue weighted by Gasteiger charge is 2.46. The lowest BCUT2D eigenvalue weighted by Crippen LogP contribution is -2.40. The summed E-state index contributed by atoms with van der Waals surface area (Å²) in [6.07, 6.45) is -3.12. The van der Waals surface area contributed by atoms with Gasteiger partial charge in [0.2, 0.25) is 0 Å². The van der Waals surface area contributed by atoms with E-state index in [1.807, 2.05) is 0 Å². The van der Waals surface area contributed by atoms with E-state index in [4.69, 9.17) is 19.9 Å². The normalized spacial score (nSPS) is 24.2. The van der Waals surface area contributed by atoms with Gasteiger partial charge in [-0.3, -0.25) is 14.7 Å². The first kappa shape index (κ1) is 22.8. The number of aliphatic hydroxyl groups is 2. The Kier molecular flexibility index (Phi) is 7.30. The van der Waals surface area contributed by atoms with Crippen molar-refractivity contribution in [1.82, 2.24) is 9.55 Å². The van der Waals surface area contributed by atoms with Crippen molar-refractivity contribution >= 4 is 11.5 Å². The van der Waals surface area contributed by atoms with Crippen LogP contribution in [0.25, 0.3) is 0 Å². The van der Waals surface area contributed by atoms with Crippen LogP contribution in [0.5, 0.6) is 0 Å². The first-order valence-corrected chi connectivity index (χ1v) is 9.59. The number of ether oxygens (including phenoxy) is 3. The molecule has 3 rings (SSSR count). The van der Waals surface area contributed by atoms with Crippen LogP contribution in [0, 0.1) is 10.1 Å². The van der Waals surface area contributed by atoms with E-state index in [2.05, 4.69) is 4.98 Å². The van der Waals surface area contributed by atoms with Crippen molar-refractivity contribution in [3.63, 3.8) is 0 Å². The van der Waals surface area contributed by atoms with E-state index in [-0.39, 0.29) is 18.1 Å². The summed E-state index contributed by atoms with van der Waals surface area (Å²) in [6, 6.07) is 7.53. The number of nitrogen functional groups attached to an aromatic ring is 1. The monoisotopic (exact) mass is 436 g/mol. The molecule has 1 aliphatic heterocycles. The fourth-order valence-corrected chi connectivity index (χ4v) is 3.25. The molecular weight excluding hydrogens is 412 g/mol. The van der Waals surface area contributed by atoms with E-state index in [9.17, 15) is 25.1 Å². The van der Waals surface area contributed by atoms with Crippen LogP contribution in [0.1, 0.15) is 18.7 Å². The van der Waals surface area contributed by atoms with Gasteiger partial charge >= 0.3 is 5.69 Å². The number of benzene rings is 1. The van der Waals surface area contributed by atoms with Crippen molar-refractivity contribution < 1.29 is 29.3 Å². The molecular formula is C19H24N4O8. The van der Waals surface area contributed by atoms with Gasteiger partial charge in [-0.05, 0) is 25.0 Å². The number of nitrogens with two attached hydrogens (primary N) is 1. The van der Waals surface area contributed by atoms with Crippen LogP contribution in [-0.2, 0) is 20.6 Å². The summed E-state index contributed by atoms with van der Waals surface area (Å²) < 4.78 is 18.1. The number of anilines is 1. The zero-order valence-corrected chi connectivity index (χ0v) is 16.7. The van der Waals surface area contributed by atoms with Gasteiger partial charge in [-0.15, -0.1) is 0 Å². The Hall–Kier alpha value is -2.90. The molecule has 0 bridgehead atoms. The van der Waals surface area contributed by atoms with Crippen LogP contribution in [-0.4, -0.2) is 62.5 Å². The third-order valence-electron chi connectivity index (χ3n) is 4.86. The summed E-state index contributed by atoms with van der Waals surface area (Å²) in [6.45, 7) is 1.40. The second kappa shape index (κ2) is 9.94. The summed E-state index contributed by atoms with van der Waals surface area (Å²) in [7, 11) is 0. The maximum absolute atomic E-state index is 12.2. The molecule has 2 heterocycles. The first-order valence-electron chi connectivity index (χ1n) is 9.59. The lowest BCUT2D eigenvalue weighted by Gasteiger charge is -2.25. The molecule has 0 amide bonds. The van der Waals surface area contributed by atoms with Crippen LogP contribution in [0.3, 0.4) is 0 Å². The van der Waals surface area contributed by atoms with Gasteiger partial charge in [0, 0.05) is 18.3 Å². The van der Waals surface area contributed by atoms with Crippen LogP contribution < -0.4 is 11.4 Å². The van der Waals surface area contributed by atoms with Crippen molar-refractivity contribution in [3.05, 3.63) is 62.7 Å². The fraction of sp³-hybridized carbons (Fsp3) is 0.474. The minimum absolute atomic E-state index is 0.00784.